The topological polar surface area (TPSA) is 250 Å². The number of rotatable bonds is 19. The summed E-state index contributed by atoms with van der Waals surface area (Å²) < 4.78 is 13.5. The van der Waals surface area contributed by atoms with E-state index < -0.39 is 65.6 Å². The molecule has 15 heteroatoms. The van der Waals surface area contributed by atoms with Gasteiger partial charge >= 0.3 is 0 Å². The largest absolute Gasteiger partial charge is 0.370 e. The molecule has 0 aliphatic carbocycles. The highest BCUT2D eigenvalue weighted by Gasteiger charge is 2.32. The lowest BCUT2D eigenvalue weighted by Gasteiger charge is -2.28. The van der Waals surface area contributed by atoms with E-state index >= 15 is 0 Å². The van der Waals surface area contributed by atoms with Gasteiger partial charge in [0.1, 0.15) is 30.0 Å². The van der Waals surface area contributed by atoms with Crippen LogP contribution in [0.15, 0.2) is 29.3 Å². The third-order valence-corrected chi connectivity index (χ3v) is 6.69. The van der Waals surface area contributed by atoms with Crippen molar-refractivity contribution < 1.29 is 28.4 Å². The van der Waals surface area contributed by atoms with Gasteiger partial charge in [-0.3, -0.25) is 29.0 Å². The number of guanidine groups is 1. The highest BCUT2D eigenvalue weighted by Crippen LogP contribution is 2.12. The van der Waals surface area contributed by atoms with E-state index in [-0.39, 0.29) is 50.0 Å². The molecule has 1 aromatic carbocycles. The highest BCUT2D eigenvalue weighted by atomic mass is 19.1. The van der Waals surface area contributed by atoms with E-state index in [9.17, 15) is 28.4 Å². The number of aliphatic imine (C=N–C) groups is 1. The number of nitrogens with two attached hydrogens (primary N) is 4. The summed E-state index contributed by atoms with van der Waals surface area (Å²) in [6, 6.07) is 0.272. The monoisotopic (exact) mass is 635 g/mol. The number of nitrogens with one attached hydrogen (secondary N) is 4. The Hall–Kier alpha value is -4.27. The van der Waals surface area contributed by atoms with E-state index in [1.807, 2.05) is 27.7 Å². The van der Waals surface area contributed by atoms with Crippen molar-refractivity contribution in [3.8, 4) is 0 Å². The molecule has 1 aromatic rings. The van der Waals surface area contributed by atoms with Gasteiger partial charge in [-0.1, -0.05) is 39.8 Å². The average molecular weight is 636 g/mol. The van der Waals surface area contributed by atoms with Crippen molar-refractivity contribution in [2.75, 3.05) is 6.54 Å². The van der Waals surface area contributed by atoms with Gasteiger partial charge in [-0.25, -0.2) is 4.39 Å². The molecule has 252 valence electrons. The van der Waals surface area contributed by atoms with Crippen LogP contribution in [0, 0.1) is 17.7 Å². The smallest absolute Gasteiger partial charge is 0.243 e. The molecule has 5 amide bonds. The number of hydrogen-bond donors (Lipinski definition) is 8. The first-order valence-electron chi connectivity index (χ1n) is 15.1. The summed E-state index contributed by atoms with van der Waals surface area (Å²) in [6.45, 7) is 9.14. The van der Waals surface area contributed by atoms with Crippen molar-refractivity contribution in [2.45, 2.75) is 96.9 Å². The Morgan fingerprint density at radius 2 is 1.16 bits per heavy atom. The Morgan fingerprint density at radius 3 is 1.58 bits per heavy atom. The molecule has 0 fully saturated rings. The van der Waals surface area contributed by atoms with Gasteiger partial charge in [-0.05, 0) is 62.1 Å². The fourth-order valence-corrected chi connectivity index (χ4v) is 4.38. The van der Waals surface area contributed by atoms with E-state index in [1.165, 1.54) is 31.2 Å². The Labute approximate surface area is 264 Å². The highest BCUT2D eigenvalue weighted by molar-refractivity contribution is 5.95. The molecule has 0 aliphatic rings. The van der Waals surface area contributed by atoms with Crippen molar-refractivity contribution in [3.05, 3.63) is 35.6 Å². The molecule has 0 saturated heterocycles. The molecule has 0 bridgehead atoms. The van der Waals surface area contributed by atoms with Gasteiger partial charge in [0.15, 0.2) is 5.96 Å². The van der Waals surface area contributed by atoms with Gasteiger partial charge in [0.2, 0.25) is 29.5 Å². The van der Waals surface area contributed by atoms with Gasteiger partial charge in [0.05, 0.1) is 6.04 Å². The second-order valence-corrected chi connectivity index (χ2v) is 12.0. The summed E-state index contributed by atoms with van der Waals surface area (Å²) in [4.78, 5) is 68.6. The van der Waals surface area contributed by atoms with E-state index in [1.54, 1.807) is 0 Å². The van der Waals surface area contributed by atoms with Crippen LogP contribution in [0.1, 0.15) is 65.9 Å². The van der Waals surface area contributed by atoms with E-state index in [4.69, 9.17) is 22.9 Å². The minimum absolute atomic E-state index is 0.0106. The maximum absolute atomic E-state index is 13.6. The summed E-state index contributed by atoms with van der Waals surface area (Å²) in [7, 11) is 0. The molecule has 5 atom stereocenters. The van der Waals surface area contributed by atoms with Crippen molar-refractivity contribution in [3.63, 3.8) is 0 Å². The Morgan fingerprint density at radius 1 is 0.711 bits per heavy atom. The van der Waals surface area contributed by atoms with Crippen LogP contribution in [-0.2, 0) is 30.4 Å². The number of primary amides is 1. The number of carbonyl (C=O) groups excluding carboxylic acids is 5. The third-order valence-electron chi connectivity index (χ3n) is 6.69. The molecular formula is C30H50FN9O5. The summed E-state index contributed by atoms with van der Waals surface area (Å²) in [5.41, 5.74) is 22.4. The fourth-order valence-electron chi connectivity index (χ4n) is 4.38. The van der Waals surface area contributed by atoms with E-state index in [2.05, 4.69) is 26.3 Å². The first-order chi connectivity index (χ1) is 21.0. The molecule has 0 radical (unpaired) electrons. The van der Waals surface area contributed by atoms with Crippen LogP contribution in [0.4, 0.5) is 4.39 Å². The van der Waals surface area contributed by atoms with Gasteiger partial charge in [0.25, 0.3) is 0 Å². The van der Waals surface area contributed by atoms with Crippen molar-refractivity contribution in [2.24, 2.45) is 39.8 Å². The molecule has 1 rings (SSSR count). The Bertz CT molecular complexity index is 1170. The first kappa shape index (κ1) is 38.8. The quantitative estimate of drug-likeness (QED) is 0.0546. The molecule has 45 heavy (non-hydrogen) atoms. The van der Waals surface area contributed by atoms with Gasteiger partial charge in [0, 0.05) is 13.0 Å². The number of carbonyl (C=O) groups is 5. The van der Waals surface area contributed by atoms with Gasteiger partial charge in [-0.2, -0.15) is 0 Å². The lowest BCUT2D eigenvalue weighted by atomic mass is 9.98. The maximum Gasteiger partial charge on any atom is 0.243 e. The predicted molar refractivity (Wildman–Crippen MR) is 169 cm³/mol. The summed E-state index contributed by atoms with van der Waals surface area (Å²) in [6.07, 6.45) is 1.00. The molecule has 0 unspecified atom stereocenters. The van der Waals surface area contributed by atoms with Gasteiger partial charge in [-0.15, -0.1) is 0 Å². The Kier molecular flexibility index (Phi) is 16.5. The molecule has 14 nitrogen and oxygen atoms in total. The zero-order valence-corrected chi connectivity index (χ0v) is 26.8. The predicted octanol–water partition coefficient (Wildman–Crippen LogP) is -0.714. The van der Waals surface area contributed by atoms with Crippen molar-refractivity contribution in [1.29, 1.82) is 0 Å². The number of nitrogens with zero attached hydrogens (tertiary/aromatic N) is 1. The third kappa shape index (κ3) is 15.3. The van der Waals surface area contributed by atoms with Crippen LogP contribution >= 0.6 is 0 Å². The molecule has 0 heterocycles. The number of benzene rings is 1. The minimum atomic E-state index is -1.12. The number of amides is 5. The van der Waals surface area contributed by atoms with Crippen molar-refractivity contribution in [1.82, 2.24) is 21.3 Å². The van der Waals surface area contributed by atoms with Crippen LogP contribution in [-0.4, -0.2) is 72.2 Å². The van der Waals surface area contributed by atoms with Crippen LogP contribution in [0.5, 0.6) is 0 Å². The normalized spacial score (nSPS) is 14.4. The minimum Gasteiger partial charge on any atom is -0.370 e. The summed E-state index contributed by atoms with van der Waals surface area (Å²) in [5, 5.41) is 10.6. The van der Waals surface area contributed by atoms with Crippen LogP contribution < -0.4 is 44.2 Å². The fraction of sp³-hybridized carbons (Fsp3) is 0.600. The summed E-state index contributed by atoms with van der Waals surface area (Å²) >= 11 is 0. The van der Waals surface area contributed by atoms with Crippen molar-refractivity contribution >= 4 is 35.5 Å². The number of halogens is 1. The lowest BCUT2D eigenvalue weighted by Crippen LogP contribution is -2.59. The van der Waals surface area contributed by atoms with E-state index in [0.717, 1.165) is 0 Å². The molecular weight excluding hydrogens is 585 g/mol. The second-order valence-electron chi connectivity index (χ2n) is 12.0. The number of hydrogen-bond acceptors (Lipinski definition) is 7. The average Bonchev–Trinajstić information content (AvgIpc) is 2.93. The molecule has 0 aliphatic heterocycles. The first-order valence-corrected chi connectivity index (χ1v) is 15.1. The molecule has 0 spiro atoms. The Balaban J connectivity index is 3.16. The second kappa shape index (κ2) is 19.2. The van der Waals surface area contributed by atoms with Crippen LogP contribution in [0.2, 0.25) is 0 Å². The van der Waals surface area contributed by atoms with Gasteiger partial charge < -0.3 is 44.2 Å². The lowest BCUT2D eigenvalue weighted by molar-refractivity contribution is -0.135. The van der Waals surface area contributed by atoms with Crippen LogP contribution in [0.25, 0.3) is 0 Å². The van der Waals surface area contributed by atoms with E-state index in [0.29, 0.717) is 12.0 Å². The van der Waals surface area contributed by atoms with Crippen LogP contribution in [0.3, 0.4) is 0 Å². The SMILES string of the molecule is CC(C)C[C@H](NC(=O)[C@H](CC(C)C)NC(=O)[C@H](Cc1ccc(F)cc1)NC(=O)[C@H](C)N)C(=O)N[C@@H](CCCN=C(N)N)C(N)=O. The zero-order valence-electron chi connectivity index (χ0n) is 26.8. The molecule has 0 saturated carbocycles. The molecule has 0 aromatic heterocycles. The summed E-state index contributed by atoms with van der Waals surface area (Å²) in [5.74, 6) is -3.87. The molecule has 12 N–H and O–H groups in total. The zero-order chi connectivity index (χ0) is 34.3. The standard InChI is InChI=1S/C30H50FN9O5/c1-16(2)13-22(27(43)37-21(25(33)41)7-6-12-36-30(34)35)39-28(44)23(14-17(3)4)40-29(45)24(38-26(42)18(5)32)15-19-8-10-20(31)11-9-19/h8-11,16-18,21-24H,6-7,12-15,32H2,1-5H3,(H2,33,41)(H,37,43)(H,38,42)(H,39,44)(H,40,45)(H4,34,35,36)/t18-,21-,22-,23-,24-/m0/s1. The maximum atomic E-state index is 13.6.